The summed E-state index contributed by atoms with van der Waals surface area (Å²) < 4.78 is 5.60. The van der Waals surface area contributed by atoms with E-state index in [0.717, 1.165) is 16.8 Å². The van der Waals surface area contributed by atoms with Crippen LogP contribution in [-0.4, -0.2) is 46.0 Å². The molecule has 0 aliphatic carbocycles. The van der Waals surface area contributed by atoms with Crippen LogP contribution in [0.2, 0.25) is 0 Å². The van der Waals surface area contributed by atoms with E-state index in [0.29, 0.717) is 11.4 Å². The summed E-state index contributed by atoms with van der Waals surface area (Å²) >= 11 is 0. The third-order valence-electron chi connectivity index (χ3n) is 4.61. The molecule has 5 atom stereocenters. The van der Waals surface area contributed by atoms with Crippen LogP contribution < -0.4 is 5.32 Å². The normalized spacial score (nSPS) is 28.4. The fourth-order valence-corrected chi connectivity index (χ4v) is 2.89. The highest BCUT2D eigenvalue weighted by Gasteiger charge is 2.41. The Kier molecular flexibility index (Phi) is 5.86. The van der Waals surface area contributed by atoms with Gasteiger partial charge in [0.05, 0.1) is 17.5 Å². The molecule has 2 aromatic carbocycles. The quantitative estimate of drug-likeness (QED) is 0.618. The molecular weight excluding hydrogens is 346 g/mol. The van der Waals surface area contributed by atoms with Crippen molar-refractivity contribution in [2.45, 2.75) is 51.4 Å². The number of ether oxygens (including phenoxy) is 1. The van der Waals surface area contributed by atoms with Crippen LogP contribution in [0.15, 0.2) is 52.7 Å². The minimum Gasteiger partial charge on any atom is -0.388 e. The predicted octanol–water partition coefficient (Wildman–Crippen LogP) is 2.96. The van der Waals surface area contributed by atoms with Crippen molar-refractivity contribution >= 4 is 17.1 Å². The van der Waals surface area contributed by atoms with E-state index in [4.69, 9.17) is 4.74 Å². The molecule has 7 heteroatoms. The van der Waals surface area contributed by atoms with Gasteiger partial charge in [-0.2, -0.15) is 5.11 Å². The zero-order valence-corrected chi connectivity index (χ0v) is 15.6. The summed E-state index contributed by atoms with van der Waals surface area (Å²) in [5.74, 6) is 0. The van der Waals surface area contributed by atoms with Gasteiger partial charge < -0.3 is 25.4 Å². The van der Waals surface area contributed by atoms with Crippen LogP contribution in [-0.2, 0) is 4.74 Å². The third kappa shape index (κ3) is 4.51. The number of nitrogens with zero attached hydrogens (tertiary/aromatic N) is 2. The lowest BCUT2D eigenvalue weighted by atomic mass is 9.99. The van der Waals surface area contributed by atoms with E-state index in [-0.39, 0.29) is 0 Å². The highest BCUT2D eigenvalue weighted by molar-refractivity contribution is 5.66. The van der Waals surface area contributed by atoms with Crippen molar-refractivity contribution in [1.82, 2.24) is 0 Å². The highest BCUT2D eigenvalue weighted by atomic mass is 16.5. The van der Waals surface area contributed by atoms with Crippen molar-refractivity contribution in [3.8, 4) is 0 Å². The van der Waals surface area contributed by atoms with Gasteiger partial charge in [0.25, 0.3) is 0 Å². The van der Waals surface area contributed by atoms with Crippen LogP contribution >= 0.6 is 0 Å². The van der Waals surface area contributed by atoms with Crippen molar-refractivity contribution in [3.05, 3.63) is 53.6 Å². The Morgan fingerprint density at radius 1 is 0.852 bits per heavy atom. The molecular formula is C20H25N3O4. The average molecular weight is 371 g/mol. The van der Waals surface area contributed by atoms with Gasteiger partial charge in [0.2, 0.25) is 0 Å². The topological polar surface area (TPSA) is 107 Å². The van der Waals surface area contributed by atoms with Crippen LogP contribution in [0.5, 0.6) is 0 Å². The molecule has 3 rings (SSSR count). The Balaban J connectivity index is 1.82. The number of anilines is 1. The Morgan fingerprint density at radius 3 is 2.22 bits per heavy atom. The molecule has 0 spiro atoms. The molecule has 5 unspecified atom stereocenters. The van der Waals surface area contributed by atoms with Crippen molar-refractivity contribution in [3.63, 3.8) is 0 Å². The molecule has 1 aliphatic heterocycles. The van der Waals surface area contributed by atoms with Crippen molar-refractivity contribution in [2.75, 3.05) is 5.32 Å². The van der Waals surface area contributed by atoms with Gasteiger partial charge in [0.1, 0.15) is 24.0 Å². The van der Waals surface area contributed by atoms with Crippen LogP contribution in [0.4, 0.5) is 17.1 Å². The minimum atomic E-state index is -1.30. The van der Waals surface area contributed by atoms with Gasteiger partial charge in [-0.25, -0.2) is 0 Å². The second-order valence-corrected chi connectivity index (χ2v) is 6.93. The van der Waals surface area contributed by atoms with Gasteiger partial charge in [-0.15, -0.1) is 5.11 Å². The van der Waals surface area contributed by atoms with Gasteiger partial charge >= 0.3 is 0 Å². The summed E-state index contributed by atoms with van der Waals surface area (Å²) in [5, 5.41) is 41.7. The van der Waals surface area contributed by atoms with Gasteiger partial charge in [-0.05, 0) is 50.6 Å². The first-order valence-electron chi connectivity index (χ1n) is 8.90. The standard InChI is InChI=1S/C20H25N3O4/c1-11-4-7-14(8-5-11)22-23-16-10-12(2)6-9-15(16)21-20-19(26)18(25)17(24)13(3)27-20/h4-10,13,17-21,24-26H,1-3H3. The summed E-state index contributed by atoms with van der Waals surface area (Å²) in [6.07, 6.45) is -5.22. The lowest BCUT2D eigenvalue weighted by Gasteiger charge is -2.39. The maximum atomic E-state index is 10.2. The summed E-state index contributed by atoms with van der Waals surface area (Å²) in [6, 6.07) is 13.3. The highest BCUT2D eigenvalue weighted by Crippen LogP contribution is 2.31. The maximum Gasteiger partial charge on any atom is 0.157 e. The second kappa shape index (κ2) is 8.14. The first kappa shape index (κ1) is 19.4. The lowest BCUT2D eigenvalue weighted by Crippen LogP contribution is -2.58. The average Bonchev–Trinajstić information content (AvgIpc) is 2.65. The summed E-state index contributed by atoms with van der Waals surface area (Å²) in [6.45, 7) is 5.59. The number of nitrogens with one attached hydrogen (secondary N) is 1. The fourth-order valence-electron chi connectivity index (χ4n) is 2.89. The number of azo groups is 1. The number of aliphatic hydroxyl groups excluding tert-OH is 3. The Labute approximate surface area is 158 Å². The monoisotopic (exact) mass is 371 g/mol. The summed E-state index contributed by atoms with van der Waals surface area (Å²) in [4.78, 5) is 0. The number of rotatable bonds is 4. The molecule has 1 aliphatic rings. The SMILES string of the molecule is Cc1ccc(N=Nc2cc(C)ccc2NC2OC(C)C(O)C(O)C2O)cc1. The van der Waals surface area contributed by atoms with Gasteiger partial charge in [-0.1, -0.05) is 23.8 Å². The first-order chi connectivity index (χ1) is 12.8. The van der Waals surface area contributed by atoms with E-state index in [1.165, 1.54) is 0 Å². The molecule has 144 valence electrons. The zero-order valence-electron chi connectivity index (χ0n) is 15.6. The van der Waals surface area contributed by atoms with E-state index < -0.39 is 30.6 Å². The number of aliphatic hydroxyl groups is 3. The van der Waals surface area contributed by atoms with Crippen LogP contribution in [0, 0.1) is 13.8 Å². The number of hydrogen-bond donors (Lipinski definition) is 4. The molecule has 2 aromatic rings. The smallest absolute Gasteiger partial charge is 0.157 e. The van der Waals surface area contributed by atoms with Crippen LogP contribution in [0.1, 0.15) is 18.1 Å². The van der Waals surface area contributed by atoms with Crippen molar-refractivity contribution < 1.29 is 20.1 Å². The van der Waals surface area contributed by atoms with Crippen LogP contribution in [0.3, 0.4) is 0 Å². The van der Waals surface area contributed by atoms with Crippen molar-refractivity contribution in [1.29, 1.82) is 0 Å². The largest absolute Gasteiger partial charge is 0.388 e. The molecule has 1 fully saturated rings. The number of benzene rings is 2. The molecule has 0 bridgehead atoms. The fraction of sp³-hybridized carbons (Fsp3) is 0.400. The third-order valence-corrected chi connectivity index (χ3v) is 4.61. The Bertz CT molecular complexity index is 809. The zero-order chi connectivity index (χ0) is 19.6. The molecule has 0 aromatic heterocycles. The van der Waals surface area contributed by atoms with Gasteiger partial charge in [-0.3, -0.25) is 0 Å². The van der Waals surface area contributed by atoms with E-state index in [2.05, 4.69) is 15.5 Å². The second-order valence-electron chi connectivity index (χ2n) is 6.93. The number of aryl methyl sites for hydroxylation is 2. The maximum absolute atomic E-state index is 10.2. The summed E-state index contributed by atoms with van der Waals surface area (Å²) in [7, 11) is 0. The first-order valence-corrected chi connectivity index (χ1v) is 8.90. The molecule has 0 saturated carbocycles. The van der Waals surface area contributed by atoms with Gasteiger partial charge in [0, 0.05) is 0 Å². The van der Waals surface area contributed by atoms with E-state index in [1.807, 2.05) is 56.3 Å². The van der Waals surface area contributed by atoms with Crippen molar-refractivity contribution in [2.24, 2.45) is 10.2 Å². The molecule has 1 heterocycles. The lowest BCUT2D eigenvalue weighted by molar-refractivity contribution is -0.209. The van der Waals surface area contributed by atoms with E-state index in [9.17, 15) is 15.3 Å². The molecule has 4 N–H and O–H groups in total. The minimum absolute atomic E-state index is 0.583. The molecule has 27 heavy (non-hydrogen) atoms. The van der Waals surface area contributed by atoms with Gasteiger partial charge in [0.15, 0.2) is 6.23 Å². The Hall–Kier alpha value is -2.32. The predicted molar refractivity (Wildman–Crippen MR) is 103 cm³/mol. The number of hydrogen-bond acceptors (Lipinski definition) is 7. The van der Waals surface area contributed by atoms with Crippen LogP contribution in [0.25, 0.3) is 0 Å². The molecule has 0 amide bonds. The van der Waals surface area contributed by atoms with E-state index in [1.54, 1.807) is 6.92 Å². The van der Waals surface area contributed by atoms with E-state index >= 15 is 0 Å². The molecule has 7 nitrogen and oxygen atoms in total. The molecule has 1 saturated heterocycles. The molecule has 0 radical (unpaired) electrons. The Morgan fingerprint density at radius 2 is 1.52 bits per heavy atom. The summed E-state index contributed by atoms with van der Waals surface area (Å²) in [5.41, 5.74) is 4.07.